The van der Waals surface area contributed by atoms with E-state index < -0.39 is 16.9 Å². The van der Waals surface area contributed by atoms with Crippen molar-refractivity contribution < 1.29 is 24.2 Å². The molecule has 0 bridgehead atoms. The number of amides is 2. The predicted molar refractivity (Wildman–Crippen MR) is 150 cm³/mol. The molecule has 0 radical (unpaired) electrons. The van der Waals surface area contributed by atoms with Gasteiger partial charge in [0.15, 0.2) is 0 Å². The highest BCUT2D eigenvalue weighted by Gasteiger charge is 2.53. The Hall–Kier alpha value is -3.00. The van der Waals surface area contributed by atoms with Crippen molar-refractivity contribution in [2.75, 3.05) is 18.8 Å². The number of hydrogen-bond donors (Lipinski definition) is 1. The summed E-state index contributed by atoms with van der Waals surface area (Å²) < 4.78 is 6.26. The van der Waals surface area contributed by atoms with Crippen LogP contribution in [0.5, 0.6) is 5.75 Å². The fraction of sp³-hybridized carbons (Fsp3) is 0.500. The fourth-order valence-electron chi connectivity index (χ4n) is 5.43. The topological polar surface area (TPSA) is 87.2 Å². The minimum Gasteiger partial charge on any atom is -0.490 e. The molecule has 1 N–H and O–H groups in total. The molecule has 4 rings (SSSR count). The average molecular weight is 539 g/mol. The number of rotatable bonds is 8. The highest BCUT2D eigenvalue weighted by molar-refractivity contribution is 8.01. The Morgan fingerprint density at radius 2 is 1.58 bits per heavy atom. The van der Waals surface area contributed by atoms with Crippen molar-refractivity contribution >= 4 is 29.5 Å². The van der Waals surface area contributed by atoms with Gasteiger partial charge in [0.2, 0.25) is 0 Å². The fourth-order valence-corrected chi connectivity index (χ4v) is 7.06. The van der Waals surface area contributed by atoms with E-state index in [0.29, 0.717) is 48.7 Å². The molecule has 2 fully saturated rings. The van der Waals surface area contributed by atoms with Crippen LogP contribution in [0.25, 0.3) is 0 Å². The molecule has 1 heterocycles. The lowest BCUT2D eigenvalue weighted by Gasteiger charge is -2.43. The molecule has 7 nitrogen and oxygen atoms in total. The zero-order chi connectivity index (χ0) is 27.4. The highest BCUT2D eigenvalue weighted by Crippen LogP contribution is 2.50. The molecule has 1 spiro atoms. The minimum atomic E-state index is -0.986. The minimum absolute atomic E-state index is 0.0253. The molecule has 8 heteroatoms. The molecule has 2 amide bonds. The van der Waals surface area contributed by atoms with Crippen molar-refractivity contribution in [3.05, 3.63) is 65.2 Å². The number of hydrogen-bond acceptors (Lipinski definition) is 5. The van der Waals surface area contributed by atoms with Crippen molar-refractivity contribution in [2.45, 2.75) is 76.3 Å². The third-order valence-corrected chi connectivity index (χ3v) is 9.38. The van der Waals surface area contributed by atoms with Gasteiger partial charge < -0.3 is 19.6 Å². The van der Waals surface area contributed by atoms with E-state index in [1.54, 1.807) is 45.8 Å². The van der Waals surface area contributed by atoms with Gasteiger partial charge in [-0.1, -0.05) is 26.0 Å². The molecule has 1 saturated heterocycles. The van der Waals surface area contributed by atoms with Crippen molar-refractivity contribution in [2.24, 2.45) is 0 Å². The Morgan fingerprint density at radius 1 is 1.00 bits per heavy atom. The second-order valence-corrected chi connectivity index (χ2v) is 11.8. The van der Waals surface area contributed by atoms with E-state index in [2.05, 4.69) is 26.0 Å². The Balaban J connectivity index is 1.48. The van der Waals surface area contributed by atoms with Crippen molar-refractivity contribution in [3.63, 3.8) is 0 Å². The van der Waals surface area contributed by atoms with Crippen LogP contribution < -0.4 is 4.74 Å². The molecule has 204 valence electrons. The van der Waals surface area contributed by atoms with Crippen LogP contribution in [0.15, 0.2) is 48.5 Å². The molecule has 2 aromatic carbocycles. The summed E-state index contributed by atoms with van der Waals surface area (Å²) >= 11 is 1.57. The maximum absolute atomic E-state index is 13.7. The van der Waals surface area contributed by atoms with Crippen LogP contribution in [0.1, 0.15) is 85.6 Å². The predicted octanol–water partition coefficient (Wildman–Crippen LogP) is 5.65. The van der Waals surface area contributed by atoms with Crippen LogP contribution >= 0.6 is 11.8 Å². The summed E-state index contributed by atoms with van der Waals surface area (Å²) in [5.74, 6) is 0.296. The maximum atomic E-state index is 13.7. The van der Waals surface area contributed by atoms with E-state index in [1.165, 1.54) is 5.56 Å². The third-order valence-electron chi connectivity index (χ3n) is 7.76. The first kappa shape index (κ1) is 28.0. The second-order valence-electron chi connectivity index (χ2n) is 10.4. The average Bonchev–Trinajstić information content (AvgIpc) is 3.29. The Bertz CT molecular complexity index is 1140. The first-order valence-corrected chi connectivity index (χ1v) is 14.5. The van der Waals surface area contributed by atoms with Crippen LogP contribution in [-0.4, -0.2) is 68.5 Å². The Labute approximate surface area is 229 Å². The first-order chi connectivity index (χ1) is 18.2. The van der Waals surface area contributed by atoms with E-state index in [1.807, 2.05) is 26.0 Å². The van der Waals surface area contributed by atoms with E-state index in [-0.39, 0.29) is 17.9 Å². The number of carbonyl (C=O) groups is 3. The standard InChI is InChI=1S/C30H38N2O5S/c1-5-31(6-2)27(33)22-7-9-23(10-8-22)28(34)32-26(29(35)36)19-38-30(32)17-15-25(16-18-30)37-24-13-11-21(12-14-24)20(3)4/h7-14,20,25-26H,5-6,15-19H2,1-4H3,(H,35,36)/t25?,26-,30?/m0/s1. The summed E-state index contributed by atoms with van der Waals surface area (Å²) in [7, 11) is 0. The smallest absolute Gasteiger partial charge is 0.327 e. The van der Waals surface area contributed by atoms with Gasteiger partial charge in [0.1, 0.15) is 11.8 Å². The number of nitrogens with zero attached hydrogens (tertiary/aromatic N) is 2. The van der Waals surface area contributed by atoms with Crippen LogP contribution in [-0.2, 0) is 4.79 Å². The molecule has 2 aromatic rings. The SMILES string of the molecule is CCN(CC)C(=O)c1ccc(C(=O)N2[C@H](C(=O)O)CSC23CCC(Oc2ccc(C(C)C)cc2)CC3)cc1. The highest BCUT2D eigenvalue weighted by atomic mass is 32.2. The van der Waals surface area contributed by atoms with Gasteiger partial charge in [-0.25, -0.2) is 4.79 Å². The summed E-state index contributed by atoms with van der Waals surface area (Å²) in [5.41, 5.74) is 2.18. The number of carbonyl (C=O) groups excluding carboxylic acids is 2. The lowest BCUT2D eigenvalue weighted by molar-refractivity contribution is -0.142. The van der Waals surface area contributed by atoms with Crippen LogP contribution in [0.3, 0.4) is 0 Å². The summed E-state index contributed by atoms with van der Waals surface area (Å²) in [6, 6.07) is 13.9. The van der Waals surface area contributed by atoms with Gasteiger partial charge >= 0.3 is 5.97 Å². The number of thioether (sulfide) groups is 1. The Morgan fingerprint density at radius 3 is 2.11 bits per heavy atom. The summed E-state index contributed by atoms with van der Waals surface area (Å²) in [6.45, 7) is 9.40. The van der Waals surface area contributed by atoms with Crippen LogP contribution in [0, 0.1) is 0 Å². The Kier molecular flexibility index (Phi) is 8.71. The second kappa shape index (κ2) is 11.8. The third kappa shape index (κ3) is 5.70. The van der Waals surface area contributed by atoms with Gasteiger partial charge in [-0.2, -0.15) is 0 Å². The number of carboxylic acid groups (broad SMARTS) is 1. The van der Waals surface area contributed by atoms with Crippen molar-refractivity contribution in [1.29, 1.82) is 0 Å². The molecular weight excluding hydrogens is 500 g/mol. The number of benzene rings is 2. The molecule has 2 aliphatic rings. The monoisotopic (exact) mass is 538 g/mol. The van der Waals surface area contributed by atoms with Crippen molar-refractivity contribution in [3.8, 4) is 5.75 Å². The number of aliphatic carboxylic acids is 1. The van der Waals surface area contributed by atoms with Crippen LogP contribution in [0.4, 0.5) is 0 Å². The zero-order valence-corrected chi connectivity index (χ0v) is 23.5. The first-order valence-electron chi connectivity index (χ1n) is 13.6. The molecule has 0 unspecified atom stereocenters. The maximum Gasteiger partial charge on any atom is 0.327 e. The van der Waals surface area contributed by atoms with Gasteiger partial charge in [-0.15, -0.1) is 11.8 Å². The van der Waals surface area contributed by atoms with E-state index in [0.717, 1.165) is 18.6 Å². The largest absolute Gasteiger partial charge is 0.490 e. The molecule has 0 aromatic heterocycles. The molecule has 1 atom stereocenters. The van der Waals surface area contributed by atoms with Gasteiger partial charge in [-0.3, -0.25) is 9.59 Å². The van der Waals surface area contributed by atoms with Gasteiger partial charge in [0.05, 0.1) is 11.0 Å². The quantitative estimate of drug-likeness (QED) is 0.467. The van der Waals surface area contributed by atoms with E-state index in [4.69, 9.17) is 4.74 Å². The normalized spacial score (nSPS) is 23.0. The molecule has 1 aliphatic carbocycles. The summed E-state index contributed by atoms with van der Waals surface area (Å²) in [4.78, 5) is 41.3. The number of ether oxygens (including phenoxy) is 1. The summed E-state index contributed by atoms with van der Waals surface area (Å²) in [5, 5.41) is 9.95. The molecule has 1 saturated carbocycles. The number of carboxylic acids is 1. The zero-order valence-electron chi connectivity index (χ0n) is 22.7. The van der Waals surface area contributed by atoms with Crippen LogP contribution in [0.2, 0.25) is 0 Å². The molecule has 1 aliphatic heterocycles. The van der Waals surface area contributed by atoms with E-state index >= 15 is 0 Å². The molecule has 38 heavy (non-hydrogen) atoms. The van der Waals surface area contributed by atoms with Crippen molar-refractivity contribution in [1.82, 2.24) is 9.80 Å². The van der Waals surface area contributed by atoms with Gasteiger partial charge in [0, 0.05) is 30.0 Å². The van der Waals surface area contributed by atoms with E-state index in [9.17, 15) is 19.5 Å². The molecular formula is C30H38N2O5S. The lowest BCUT2D eigenvalue weighted by Crippen LogP contribution is -2.54. The van der Waals surface area contributed by atoms with Gasteiger partial charge in [0.25, 0.3) is 11.8 Å². The van der Waals surface area contributed by atoms with Gasteiger partial charge in [-0.05, 0) is 87.4 Å². The lowest BCUT2D eigenvalue weighted by atomic mass is 9.89. The summed E-state index contributed by atoms with van der Waals surface area (Å²) in [6.07, 6.45) is 2.84.